The van der Waals surface area contributed by atoms with Crippen LogP contribution in [-0.2, 0) is 16.1 Å². The number of carboxylic acid groups (broad SMARTS) is 1. The second-order valence-electron chi connectivity index (χ2n) is 9.16. The van der Waals surface area contributed by atoms with Gasteiger partial charge in [-0.2, -0.15) is 0 Å². The largest absolute Gasteiger partial charge is 0.513 e. The van der Waals surface area contributed by atoms with E-state index in [9.17, 15) is 18.8 Å². The average molecular weight is 522 g/mol. The van der Waals surface area contributed by atoms with Crippen LogP contribution >= 0.6 is 0 Å². The maximum Gasteiger partial charge on any atom is 0.513 e. The van der Waals surface area contributed by atoms with Crippen LogP contribution < -0.4 is 4.74 Å². The molecule has 0 unspecified atom stereocenters. The number of nitrogens with zero attached hydrogens (tertiary/aromatic N) is 1. The van der Waals surface area contributed by atoms with Crippen LogP contribution in [0.15, 0.2) is 72.8 Å². The Balaban J connectivity index is 1.55. The predicted octanol–water partition coefficient (Wildman–Crippen LogP) is 6.70. The summed E-state index contributed by atoms with van der Waals surface area (Å²) >= 11 is 0. The zero-order chi connectivity index (χ0) is 27.5. The highest BCUT2D eigenvalue weighted by atomic mass is 19.1. The van der Waals surface area contributed by atoms with E-state index >= 15 is 0 Å². The van der Waals surface area contributed by atoms with Gasteiger partial charge in [-0.3, -0.25) is 9.59 Å². The van der Waals surface area contributed by atoms with Gasteiger partial charge < -0.3 is 19.5 Å². The fraction of sp³-hybridized carbons (Fsp3) is 0.300. The van der Waals surface area contributed by atoms with E-state index in [-0.39, 0.29) is 24.2 Å². The number of halogens is 1. The van der Waals surface area contributed by atoms with E-state index < -0.39 is 12.1 Å². The van der Waals surface area contributed by atoms with Crippen molar-refractivity contribution < 1.29 is 33.4 Å². The minimum atomic E-state index is -1.59. The van der Waals surface area contributed by atoms with Crippen molar-refractivity contribution in [3.05, 3.63) is 89.7 Å². The van der Waals surface area contributed by atoms with Gasteiger partial charge in [0.25, 0.3) is 5.91 Å². The number of ether oxygens (including phenoxy) is 2. The molecule has 0 bridgehead atoms. The summed E-state index contributed by atoms with van der Waals surface area (Å²) < 4.78 is 23.5. The Morgan fingerprint density at radius 1 is 0.895 bits per heavy atom. The lowest BCUT2D eigenvalue weighted by molar-refractivity contribution is -0.139. The molecule has 0 atom stereocenters. The number of hydrogen-bond acceptors (Lipinski definition) is 5. The number of carbonyl (C=O) groups excluding carboxylic acids is 2. The maximum atomic E-state index is 13.6. The summed E-state index contributed by atoms with van der Waals surface area (Å²) in [5.41, 5.74) is 3.07. The summed E-state index contributed by atoms with van der Waals surface area (Å²) in [6, 6.07) is 21.0. The first-order chi connectivity index (χ1) is 18.2. The molecule has 3 aromatic carbocycles. The normalized spacial score (nSPS) is 10.7. The Hall–Kier alpha value is -4.20. The first-order valence-corrected chi connectivity index (χ1v) is 12.5. The van der Waals surface area contributed by atoms with Crippen molar-refractivity contribution in [1.82, 2.24) is 4.90 Å². The van der Waals surface area contributed by atoms with Crippen molar-refractivity contribution in [3.8, 4) is 16.9 Å². The monoisotopic (exact) mass is 521 g/mol. The van der Waals surface area contributed by atoms with E-state index in [1.807, 2.05) is 56.3 Å². The third-order valence-corrected chi connectivity index (χ3v) is 5.92. The van der Waals surface area contributed by atoms with E-state index in [1.165, 1.54) is 12.1 Å². The minimum Gasteiger partial charge on any atom is -0.494 e. The SMILES string of the molecule is CC(C)N(Cc1cccc(OCCCCCC(=O)OC(=O)O)c1)C(=O)c1ccc(-c2cccc(F)c2)cc1. The van der Waals surface area contributed by atoms with Gasteiger partial charge in [-0.25, -0.2) is 9.18 Å². The molecule has 0 spiro atoms. The summed E-state index contributed by atoms with van der Waals surface area (Å²) in [5, 5.41) is 8.41. The smallest absolute Gasteiger partial charge is 0.494 e. The zero-order valence-electron chi connectivity index (χ0n) is 21.6. The summed E-state index contributed by atoms with van der Waals surface area (Å²) in [5.74, 6) is -0.473. The fourth-order valence-electron chi connectivity index (χ4n) is 3.94. The molecule has 0 aliphatic rings. The number of carbonyl (C=O) groups is 3. The Morgan fingerprint density at radius 2 is 1.63 bits per heavy atom. The molecule has 0 aliphatic carbocycles. The van der Waals surface area contributed by atoms with Crippen molar-refractivity contribution in [2.45, 2.75) is 52.1 Å². The van der Waals surface area contributed by atoms with Gasteiger partial charge in [0.1, 0.15) is 11.6 Å². The van der Waals surface area contributed by atoms with Gasteiger partial charge in [0.05, 0.1) is 6.61 Å². The number of hydrogen-bond donors (Lipinski definition) is 1. The molecule has 0 heterocycles. The number of unbranched alkanes of at least 4 members (excludes halogenated alkanes) is 2. The molecular weight excluding hydrogens is 489 g/mol. The molecule has 38 heavy (non-hydrogen) atoms. The molecule has 7 nitrogen and oxygen atoms in total. The first-order valence-electron chi connectivity index (χ1n) is 12.5. The van der Waals surface area contributed by atoms with Crippen LogP contribution in [-0.4, -0.2) is 40.7 Å². The summed E-state index contributed by atoms with van der Waals surface area (Å²) in [6.45, 7) is 4.78. The van der Waals surface area contributed by atoms with Crippen LogP contribution in [0.4, 0.5) is 9.18 Å². The fourth-order valence-corrected chi connectivity index (χ4v) is 3.94. The van der Waals surface area contributed by atoms with E-state index in [2.05, 4.69) is 4.74 Å². The van der Waals surface area contributed by atoms with E-state index in [0.717, 1.165) is 16.7 Å². The lowest BCUT2D eigenvalue weighted by Crippen LogP contribution is -2.36. The summed E-state index contributed by atoms with van der Waals surface area (Å²) in [4.78, 5) is 36.7. The van der Waals surface area contributed by atoms with Crippen LogP contribution in [0.5, 0.6) is 5.75 Å². The molecule has 0 saturated heterocycles. The number of benzene rings is 3. The van der Waals surface area contributed by atoms with Crippen molar-refractivity contribution in [2.75, 3.05) is 6.61 Å². The third-order valence-electron chi connectivity index (χ3n) is 5.92. The van der Waals surface area contributed by atoms with Crippen LogP contribution in [0, 0.1) is 5.82 Å². The lowest BCUT2D eigenvalue weighted by atomic mass is 10.0. The first kappa shape index (κ1) is 28.4. The van der Waals surface area contributed by atoms with Gasteiger partial charge in [0.15, 0.2) is 0 Å². The molecule has 0 aromatic heterocycles. The molecule has 3 aromatic rings. The number of rotatable bonds is 12. The molecule has 8 heteroatoms. The molecule has 0 fully saturated rings. The van der Waals surface area contributed by atoms with Crippen LogP contribution in [0.3, 0.4) is 0 Å². The highest BCUT2D eigenvalue weighted by molar-refractivity contribution is 5.95. The zero-order valence-corrected chi connectivity index (χ0v) is 21.6. The molecule has 0 saturated carbocycles. The average Bonchev–Trinajstić information content (AvgIpc) is 2.88. The maximum absolute atomic E-state index is 13.6. The number of esters is 1. The van der Waals surface area contributed by atoms with Crippen molar-refractivity contribution >= 4 is 18.0 Å². The van der Waals surface area contributed by atoms with Gasteiger partial charge in [0.2, 0.25) is 0 Å². The topological polar surface area (TPSA) is 93.1 Å². The standard InChI is InChI=1S/C30H32FNO6/c1-21(2)32(29(34)24-15-13-23(14-16-24)25-9-7-10-26(31)19-25)20-22-8-6-11-27(18-22)37-17-5-3-4-12-28(33)38-30(35)36/h6-11,13-16,18-19,21H,3-5,12,17,20H2,1-2H3,(H,35,36). The van der Waals surface area contributed by atoms with Crippen LogP contribution in [0.25, 0.3) is 11.1 Å². The van der Waals surface area contributed by atoms with Crippen LogP contribution in [0.2, 0.25) is 0 Å². The molecule has 3 rings (SSSR count). The minimum absolute atomic E-state index is 0.0391. The second-order valence-corrected chi connectivity index (χ2v) is 9.16. The molecular formula is C30H32FNO6. The quantitative estimate of drug-likeness (QED) is 0.162. The van der Waals surface area contributed by atoms with E-state index in [0.29, 0.717) is 43.7 Å². The second kappa shape index (κ2) is 13.9. The molecule has 1 amide bonds. The predicted molar refractivity (Wildman–Crippen MR) is 141 cm³/mol. The van der Waals surface area contributed by atoms with Crippen molar-refractivity contribution in [2.24, 2.45) is 0 Å². The molecule has 0 aliphatic heterocycles. The van der Waals surface area contributed by atoms with Gasteiger partial charge in [-0.1, -0.05) is 36.4 Å². The van der Waals surface area contributed by atoms with Gasteiger partial charge in [-0.05, 0) is 86.2 Å². The summed E-state index contributed by atoms with van der Waals surface area (Å²) in [7, 11) is 0. The Kier molecular flexibility index (Phi) is 10.4. The molecule has 1 N–H and O–H groups in total. The third kappa shape index (κ3) is 8.73. The van der Waals surface area contributed by atoms with E-state index in [4.69, 9.17) is 9.84 Å². The van der Waals surface area contributed by atoms with Crippen molar-refractivity contribution in [3.63, 3.8) is 0 Å². The highest BCUT2D eigenvalue weighted by Gasteiger charge is 2.19. The highest BCUT2D eigenvalue weighted by Crippen LogP contribution is 2.23. The Morgan fingerprint density at radius 3 is 2.32 bits per heavy atom. The lowest BCUT2D eigenvalue weighted by Gasteiger charge is -2.27. The van der Waals surface area contributed by atoms with E-state index in [1.54, 1.807) is 23.1 Å². The molecule has 0 radical (unpaired) electrons. The molecule has 200 valence electrons. The summed E-state index contributed by atoms with van der Waals surface area (Å²) in [6.07, 6.45) is 0.377. The Bertz CT molecular complexity index is 1240. The van der Waals surface area contributed by atoms with Crippen LogP contribution in [0.1, 0.15) is 55.5 Å². The van der Waals surface area contributed by atoms with Crippen molar-refractivity contribution in [1.29, 1.82) is 0 Å². The van der Waals surface area contributed by atoms with Gasteiger partial charge >= 0.3 is 12.1 Å². The number of amides is 1. The Labute approximate surface area is 221 Å². The van der Waals surface area contributed by atoms with Gasteiger partial charge in [-0.15, -0.1) is 0 Å². The van der Waals surface area contributed by atoms with Gasteiger partial charge in [0, 0.05) is 24.6 Å².